The van der Waals surface area contributed by atoms with E-state index in [0.717, 1.165) is 64.2 Å². The number of carbonyl (C=O) groups excluding carboxylic acids is 1. The molecule has 0 aliphatic carbocycles. The minimum Gasteiger partial charge on any atom is -0.394 e. The molecule has 1 aliphatic rings. The van der Waals surface area contributed by atoms with E-state index in [9.17, 15) is 38.7 Å². The Bertz CT molecular complexity index is 1060. The molecule has 326 valence electrons. The molecule has 8 atom stereocenters. The fourth-order valence-corrected chi connectivity index (χ4v) is 7.44. The van der Waals surface area contributed by atoms with Crippen molar-refractivity contribution >= 4 is 16.3 Å². The third kappa shape index (κ3) is 25.7. The van der Waals surface area contributed by atoms with E-state index in [4.69, 9.17) is 14.0 Å². The smallest absolute Gasteiger partial charge is 0.394 e. The lowest BCUT2D eigenvalue weighted by atomic mass is 9.99. The average molecular weight is 810 g/mol. The summed E-state index contributed by atoms with van der Waals surface area (Å²) in [6, 6.07) is -1.03. The summed E-state index contributed by atoms with van der Waals surface area (Å²) >= 11 is 0. The van der Waals surface area contributed by atoms with Crippen LogP contribution in [-0.4, -0.2) is 107 Å². The number of aliphatic hydroxyl groups is 5. The van der Waals surface area contributed by atoms with Crippen molar-refractivity contribution in [3.8, 4) is 0 Å². The van der Waals surface area contributed by atoms with Gasteiger partial charge in [0.15, 0.2) is 6.29 Å². The van der Waals surface area contributed by atoms with Gasteiger partial charge in [0.2, 0.25) is 5.91 Å². The van der Waals surface area contributed by atoms with Crippen LogP contribution in [0.1, 0.15) is 181 Å². The van der Waals surface area contributed by atoms with Gasteiger partial charge in [0.25, 0.3) is 0 Å². The summed E-state index contributed by atoms with van der Waals surface area (Å²) in [5.41, 5.74) is 0. The van der Waals surface area contributed by atoms with Gasteiger partial charge in [-0.1, -0.05) is 154 Å². The Hall–Kier alpha value is -1.20. The summed E-state index contributed by atoms with van der Waals surface area (Å²) in [4.78, 5) is 13.0. The number of hydrogen-bond donors (Lipinski definition) is 7. The number of nitrogens with one attached hydrogen (secondary N) is 1. The van der Waals surface area contributed by atoms with Crippen LogP contribution in [0.5, 0.6) is 0 Å². The van der Waals surface area contributed by atoms with Crippen molar-refractivity contribution in [2.75, 3.05) is 13.2 Å². The second-order valence-corrected chi connectivity index (χ2v) is 16.5. The van der Waals surface area contributed by atoms with E-state index < -0.39 is 78.5 Å². The van der Waals surface area contributed by atoms with Crippen LogP contribution >= 0.6 is 0 Å². The van der Waals surface area contributed by atoms with E-state index in [1.165, 1.54) is 77.0 Å². The van der Waals surface area contributed by atoms with Gasteiger partial charge >= 0.3 is 10.4 Å². The van der Waals surface area contributed by atoms with Crippen LogP contribution in [0.4, 0.5) is 0 Å². The summed E-state index contributed by atoms with van der Waals surface area (Å²) in [7, 11) is -5.10. The maximum absolute atomic E-state index is 13.0. The van der Waals surface area contributed by atoms with Gasteiger partial charge in [-0.3, -0.25) is 9.35 Å². The van der Waals surface area contributed by atoms with Crippen LogP contribution in [0.15, 0.2) is 12.2 Å². The van der Waals surface area contributed by atoms with Gasteiger partial charge in [-0.05, 0) is 38.5 Å². The maximum Gasteiger partial charge on any atom is 0.397 e. The largest absolute Gasteiger partial charge is 0.397 e. The van der Waals surface area contributed by atoms with Crippen LogP contribution in [-0.2, 0) is 28.9 Å². The van der Waals surface area contributed by atoms with Crippen LogP contribution in [0.3, 0.4) is 0 Å². The highest BCUT2D eigenvalue weighted by Gasteiger charge is 2.48. The van der Waals surface area contributed by atoms with Crippen molar-refractivity contribution in [1.82, 2.24) is 5.32 Å². The SMILES string of the molecule is CCCCCCCCCCCCC/C=C\CCCCCCCCC(O)C(=O)NC(COC1OC(CO)C(O)C(OS(=O)(=O)O)C1O)C(O)CCCCCCC. The van der Waals surface area contributed by atoms with E-state index >= 15 is 0 Å². The highest BCUT2D eigenvalue weighted by atomic mass is 32.3. The highest BCUT2D eigenvalue weighted by Crippen LogP contribution is 2.26. The fraction of sp³-hybridized carbons (Fsp3) is 0.927. The number of rotatable bonds is 36. The van der Waals surface area contributed by atoms with E-state index in [0.29, 0.717) is 19.3 Å². The molecule has 0 saturated carbocycles. The molecule has 55 heavy (non-hydrogen) atoms. The number of amides is 1. The molecule has 1 fully saturated rings. The molecule has 0 radical (unpaired) electrons. The summed E-state index contributed by atoms with van der Waals surface area (Å²) in [5, 5.41) is 54.8. The molecule has 1 rings (SSSR count). The maximum atomic E-state index is 13.0. The second kappa shape index (κ2) is 32.7. The lowest BCUT2D eigenvalue weighted by molar-refractivity contribution is -0.298. The Morgan fingerprint density at radius 3 is 1.64 bits per heavy atom. The molecule has 1 amide bonds. The van der Waals surface area contributed by atoms with E-state index in [-0.39, 0.29) is 6.42 Å². The third-order valence-electron chi connectivity index (χ3n) is 10.4. The average Bonchev–Trinajstić information content (AvgIpc) is 3.15. The van der Waals surface area contributed by atoms with Crippen molar-refractivity contribution in [3.05, 3.63) is 12.2 Å². The minimum atomic E-state index is -5.10. The predicted octanol–water partition coefficient (Wildman–Crippen LogP) is 6.58. The molecule has 14 heteroatoms. The monoisotopic (exact) mass is 810 g/mol. The zero-order valence-electron chi connectivity index (χ0n) is 34.1. The number of hydrogen-bond acceptors (Lipinski definition) is 11. The van der Waals surface area contributed by atoms with Gasteiger partial charge in [-0.25, -0.2) is 4.18 Å². The summed E-state index contributed by atoms with van der Waals surface area (Å²) in [6.45, 7) is 3.15. The number of unbranched alkanes of at least 4 members (excludes halogenated alkanes) is 21. The zero-order chi connectivity index (χ0) is 40.7. The van der Waals surface area contributed by atoms with Gasteiger partial charge < -0.3 is 40.3 Å². The Morgan fingerprint density at radius 1 is 0.709 bits per heavy atom. The van der Waals surface area contributed by atoms with Crippen LogP contribution in [0.2, 0.25) is 0 Å². The molecule has 0 bridgehead atoms. The van der Waals surface area contributed by atoms with E-state index in [1.807, 2.05) is 0 Å². The molecular formula is C41H79NO12S. The molecule has 1 saturated heterocycles. The lowest BCUT2D eigenvalue weighted by Gasteiger charge is -2.41. The van der Waals surface area contributed by atoms with Crippen LogP contribution in [0.25, 0.3) is 0 Å². The standard InChI is InChI=1S/C41H79NO12S/c1-3-5-7-9-10-11-12-13-14-15-16-17-18-19-20-21-22-23-24-26-28-30-35(45)40(48)42-33(34(44)29-27-25-8-6-4-2)32-52-41-38(47)39(54-55(49,50)51)37(46)36(31-43)53-41/h18-19,33-39,41,43-47H,3-17,20-32H2,1-2H3,(H,42,48)(H,49,50,51)/b19-18-. The molecule has 8 unspecified atom stereocenters. The van der Waals surface area contributed by atoms with Crippen LogP contribution in [0, 0.1) is 0 Å². The third-order valence-corrected chi connectivity index (χ3v) is 10.9. The Balaban J connectivity index is 2.39. The first-order valence-corrected chi connectivity index (χ1v) is 23.0. The second-order valence-electron chi connectivity index (χ2n) is 15.4. The minimum absolute atomic E-state index is 0.253. The molecule has 7 N–H and O–H groups in total. The quantitative estimate of drug-likeness (QED) is 0.0203. The van der Waals surface area contributed by atoms with Gasteiger partial charge in [0.1, 0.15) is 30.5 Å². The van der Waals surface area contributed by atoms with Crippen molar-refractivity contribution in [1.29, 1.82) is 0 Å². The first-order valence-electron chi connectivity index (χ1n) is 21.7. The Labute approximate surface area is 333 Å². The molecule has 13 nitrogen and oxygen atoms in total. The molecular weight excluding hydrogens is 731 g/mol. The molecule has 0 aromatic heterocycles. The summed E-state index contributed by atoms with van der Waals surface area (Å²) in [6.07, 6.45) is 22.0. The number of aliphatic hydroxyl groups excluding tert-OH is 5. The number of ether oxygens (including phenoxy) is 2. The molecule has 0 spiro atoms. The molecule has 1 heterocycles. The Morgan fingerprint density at radius 2 is 1.16 bits per heavy atom. The van der Waals surface area contributed by atoms with Gasteiger partial charge in [-0.2, -0.15) is 8.42 Å². The fourth-order valence-electron chi connectivity index (χ4n) is 6.93. The topological polar surface area (TPSA) is 212 Å². The van der Waals surface area contributed by atoms with Crippen molar-refractivity contribution in [2.45, 2.75) is 230 Å². The molecule has 1 aliphatic heterocycles. The highest BCUT2D eigenvalue weighted by molar-refractivity contribution is 7.80. The zero-order valence-corrected chi connectivity index (χ0v) is 34.9. The first-order chi connectivity index (χ1) is 26.4. The van der Waals surface area contributed by atoms with Crippen molar-refractivity contribution in [2.24, 2.45) is 0 Å². The normalized spacial score (nSPS) is 22.2. The number of allylic oxidation sites excluding steroid dienone is 2. The molecule has 0 aromatic carbocycles. The first kappa shape index (κ1) is 51.8. The summed E-state index contributed by atoms with van der Waals surface area (Å²) in [5.74, 6) is -0.681. The van der Waals surface area contributed by atoms with E-state index in [1.54, 1.807) is 0 Å². The van der Waals surface area contributed by atoms with Gasteiger partial charge in [0.05, 0.1) is 25.4 Å². The Kier molecular flexibility index (Phi) is 30.8. The van der Waals surface area contributed by atoms with Crippen molar-refractivity contribution < 1.29 is 57.0 Å². The van der Waals surface area contributed by atoms with E-state index in [2.05, 4.69) is 35.5 Å². The van der Waals surface area contributed by atoms with Crippen molar-refractivity contribution in [3.63, 3.8) is 0 Å². The molecule has 0 aromatic rings. The van der Waals surface area contributed by atoms with Crippen LogP contribution < -0.4 is 5.32 Å². The number of carbonyl (C=O) groups is 1. The lowest BCUT2D eigenvalue weighted by Crippen LogP contribution is -2.61. The van der Waals surface area contributed by atoms with Gasteiger partial charge in [-0.15, -0.1) is 0 Å². The predicted molar refractivity (Wildman–Crippen MR) is 215 cm³/mol. The summed E-state index contributed by atoms with van der Waals surface area (Å²) < 4.78 is 47.2. The van der Waals surface area contributed by atoms with Gasteiger partial charge in [0, 0.05) is 0 Å².